The number of amides is 6. The zero-order valence-electron chi connectivity index (χ0n) is 39.4. The highest BCUT2D eigenvalue weighted by atomic mass is 32.2. The van der Waals surface area contributed by atoms with Gasteiger partial charge in [0.15, 0.2) is 0 Å². The molecule has 6 amide bonds. The average Bonchev–Trinajstić information content (AvgIpc) is 4.09. The van der Waals surface area contributed by atoms with E-state index in [4.69, 9.17) is 0 Å². The van der Waals surface area contributed by atoms with Crippen LogP contribution in [0, 0.1) is 0 Å². The van der Waals surface area contributed by atoms with E-state index in [2.05, 4.69) is 31.9 Å². The number of carbonyl (C=O) groups is 5. The van der Waals surface area contributed by atoms with Crippen molar-refractivity contribution in [3.05, 3.63) is 132 Å². The molecule has 0 saturated heterocycles. The van der Waals surface area contributed by atoms with Crippen LogP contribution in [0.2, 0.25) is 0 Å². The Bertz CT molecular complexity index is 4020. The number of nitrogens with zero attached hydrogens (tertiary/aromatic N) is 4. The molecule has 0 atom stereocenters. The van der Waals surface area contributed by atoms with Gasteiger partial charge in [-0.2, -0.15) is 33.7 Å². The van der Waals surface area contributed by atoms with Gasteiger partial charge < -0.3 is 39.5 Å². The average molecular weight is 1120 g/mol. The molecule has 0 spiro atoms. The monoisotopic (exact) mass is 1120 g/mol. The van der Waals surface area contributed by atoms with Gasteiger partial charge in [-0.15, -0.1) is 0 Å². The minimum Gasteiger partial charge on any atom is -0.337 e. The Morgan fingerprint density at radius 2 is 0.671 bits per heavy atom. The number of rotatable bonds is 14. The molecule has 0 unspecified atom stereocenters. The molecule has 4 aromatic heterocycles. The fourth-order valence-corrected chi connectivity index (χ4v) is 10.7. The summed E-state index contributed by atoms with van der Waals surface area (Å²) in [4.78, 5) is 63.5. The van der Waals surface area contributed by atoms with Crippen molar-refractivity contribution in [1.29, 1.82) is 0 Å². The topological polar surface area (TPSA) is 395 Å². The molecule has 0 bridgehead atoms. The fourth-order valence-electron chi connectivity index (χ4n) is 7.92. The molecule has 31 heteroatoms. The molecule has 27 nitrogen and oxygen atoms in total. The Morgan fingerprint density at radius 1 is 0.382 bits per heavy atom. The lowest BCUT2D eigenvalue weighted by Crippen LogP contribution is -2.22. The molecular weight excluding hydrogens is 1080 g/mol. The van der Waals surface area contributed by atoms with Gasteiger partial charge in [0.25, 0.3) is 64.1 Å². The zero-order chi connectivity index (χ0) is 55.6. The van der Waals surface area contributed by atoms with E-state index in [0.717, 1.165) is 12.1 Å². The molecule has 0 aliphatic rings. The van der Waals surface area contributed by atoms with E-state index in [1.165, 1.54) is 118 Å². The number of urea groups is 1. The number of aromatic nitrogens is 4. The van der Waals surface area contributed by atoms with Crippen molar-refractivity contribution < 1.29 is 75.9 Å². The number of hydrogen-bond donors (Lipinski definition) is 10. The van der Waals surface area contributed by atoms with Crippen molar-refractivity contribution in [2.24, 2.45) is 28.2 Å². The Hall–Kier alpha value is -8.69. The standard InChI is InChI=1S/C45H40N10O17S4/c1-52-19-25(41(56)46-31-9-5-7-23-11-29(73(61,62)63)17-33(39(23)31)75(67,68)69)13-35(52)48-43(58)27-15-37(54(3)21-27)50-45(60)51-38-16-28(22-55(38)4)44(59)49-36-14-26(20-53(36)2)42(57)47-32-10-6-8-24-12-30(74(64,65)66)18-34(40(24)32)76(70,71)72/h5-22H,1-4H3,(H,46,56)(H,47,57)(H,48,58)(H,49,59)(H2,50,51,60)(H,61,62,63)(H,64,65,66)(H,67,68,69)(H,70,71,72). The van der Waals surface area contributed by atoms with Gasteiger partial charge >= 0.3 is 6.03 Å². The smallest absolute Gasteiger partial charge is 0.325 e. The maximum Gasteiger partial charge on any atom is 0.325 e. The summed E-state index contributed by atoms with van der Waals surface area (Å²) in [6, 6.07) is 15.5. The summed E-state index contributed by atoms with van der Waals surface area (Å²) >= 11 is 0. The van der Waals surface area contributed by atoms with Crippen LogP contribution < -0.4 is 31.9 Å². The lowest BCUT2D eigenvalue weighted by atomic mass is 10.1. The molecule has 0 aliphatic heterocycles. The molecule has 8 rings (SSSR count). The summed E-state index contributed by atoms with van der Waals surface area (Å²) in [5.41, 5.74) is -0.187. The van der Waals surface area contributed by atoms with Crippen molar-refractivity contribution in [3.8, 4) is 0 Å². The van der Waals surface area contributed by atoms with Crippen molar-refractivity contribution >= 4 is 126 Å². The van der Waals surface area contributed by atoms with Gasteiger partial charge in [0.1, 0.15) is 33.1 Å². The van der Waals surface area contributed by atoms with Gasteiger partial charge in [-0.25, -0.2) is 4.79 Å². The van der Waals surface area contributed by atoms with Crippen LogP contribution >= 0.6 is 0 Å². The van der Waals surface area contributed by atoms with E-state index in [-0.39, 0.29) is 78.4 Å². The maximum atomic E-state index is 13.4. The summed E-state index contributed by atoms with van der Waals surface area (Å²) in [5, 5.41) is 14.9. The minimum absolute atomic E-state index is 0.0215. The van der Waals surface area contributed by atoms with Gasteiger partial charge in [0.2, 0.25) is 0 Å². The number of carbonyl (C=O) groups excluding carboxylic acids is 5. The molecule has 396 valence electrons. The Morgan fingerprint density at radius 3 is 0.961 bits per heavy atom. The van der Waals surface area contributed by atoms with Gasteiger partial charge in [-0.3, -0.25) is 48.0 Å². The van der Waals surface area contributed by atoms with E-state index in [1.54, 1.807) is 14.1 Å². The third kappa shape index (κ3) is 11.2. The fraction of sp³-hybridized carbons (Fsp3) is 0.0889. The second-order valence-electron chi connectivity index (χ2n) is 16.8. The number of anilines is 6. The van der Waals surface area contributed by atoms with E-state index >= 15 is 0 Å². The summed E-state index contributed by atoms with van der Waals surface area (Å²) in [6.45, 7) is 0. The van der Waals surface area contributed by atoms with Gasteiger partial charge in [0, 0.05) is 63.8 Å². The van der Waals surface area contributed by atoms with Gasteiger partial charge in [-0.05, 0) is 71.4 Å². The normalized spacial score (nSPS) is 12.1. The first-order valence-electron chi connectivity index (χ1n) is 21.4. The first kappa shape index (κ1) is 53.6. The van der Waals surface area contributed by atoms with Gasteiger partial charge in [0.05, 0.1) is 43.4 Å². The van der Waals surface area contributed by atoms with Crippen molar-refractivity contribution in [3.63, 3.8) is 0 Å². The van der Waals surface area contributed by atoms with Crippen LogP contribution in [-0.4, -0.2) is 99.8 Å². The number of aryl methyl sites for hydroxylation is 4. The van der Waals surface area contributed by atoms with E-state index in [1.807, 2.05) is 0 Å². The third-order valence-electron chi connectivity index (χ3n) is 11.5. The highest BCUT2D eigenvalue weighted by Crippen LogP contribution is 2.35. The van der Waals surface area contributed by atoms with Crippen molar-refractivity contribution in [2.75, 3.05) is 31.9 Å². The molecule has 0 fully saturated rings. The third-order valence-corrected chi connectivity index (χ3v) is 14.9. The molecular formula is C45H40N10O17S4. The Kier molecular flexibility index (Phi) is 13.8. The number of hydrogen-bond acceptors (Lipinski definition) is 13. The number of fused-ring (bicyclic) bond motifs is 2. The second kappa shape index (κ2) is 19.5. The van der Waals surface area contributed by atoms with Gasteiger partial charge in [-0.1, -0.05) is 24.3 Å². The molecule has 4 heterocycles. The first-order chi connectivity index (χ1) is 35.3. The van der Waals surface area contributed by atoms with Crippen molar-refractivity contribution in [2.45, 2.75) is 19.6 Å². The van der Waals surface area contributed by atoms with Crippen molar-refractivity contribution in [1.82, 2.24) is 18.3 Å². The predicted molar refractivity (Wildman–Crippen MR) is 273 cm³/mol. The summed E-state index contributed by atoms with van der Waals surface area (Å²) < 4.78 is 141. The molecule has 4 aromatic carbocycles. The summed E-state index contributed by atoms with van der Waals surface area (Å²) in [5.74, 6) is -2.37. The largest absolute Gasteiger partial charge is 0.337 e. The predicted octanol–water partition coefficient (Wildman–Crippen LogP) is 4.99. The lowest BCUT2D eigenvalue weighted by molar-refractivity contribution is 0.101. The summed E-state index contributed by atoms with van der Waals surface area (Å²) in [6.07, 6.45) is 5.49. The van der Waals surface area contributed by atoms with E-state index in [0.29, 0.717) is 12.1 Å². The first-order valence-corrected chi connectivity index (χ1v) is 27.1. The Balaban J connectivity index is 0.896. The number of nitrogens with one attached hydrogen (secondary N) is 6. The maximum absolute atomic E-state index is 13.4. The lowest BCUT2D eigenvalue weighted by Gasteiger charge is -2.12. The molecule has 8 aromatic rings. The van der Waals surface area contributed by atoms with Crippen LogP contribution in [0.1, 0.15) is 41.4 Å². The molecule has 10 N–H and O–H groups in total. The van der Waals surface area contributed by atoms with E-state index < -0.39 is 89.7 Å². The minimum atomic E-state index is -5.09. The highest BCUT2D eigenvalue weighted by Gasteiger charge is 2.26. The number of benzene rings is 4. The molecule has 76 heavy (non-hydrogen) atoms. The SMILES string of the molecule is Cn1cc(C(=O)Nc2cc(C(=O)Nc3cccc4cc(S(=O)(=O)O)cc(S(=O)(=O)O)c34)cn2C)cc1NC(=O)Nc1cc(C(=O)Nc2cc(C(=O)Nc3cccc4cc(S(=O)(=O)O)cc(S(=O)(=O)O)c34)cn2C)cn1C. The summed E-state index contributed by atoms with van der Waals surface area (Å²) in [7, 11) is -13.9. The highest BCUT2D eigenvalue weighted by molar-refractivity contribution is 7.87. The zero-order valence-corrected chi connectivity index (χ0v) is 42.7. The molecule has 0 saturated carbocycles. The second-order valence-corrected chi connectivity index (χ2v) is 22.5. The molecule has 0 aliphatic carbocycles. The van der Waals surface area contributed by atoms with Crippen LogP contribution in [0.5, 0.6) is 0 Å². The van der Waals surface area contributed by atoms with Crippen LogP contribution in [0.3, 0.4) is 0 Å². The van der Waals surface area contributed by atoms with Crippen LogP contribution in [-0.2, 0) is 68.7 Å². The van der Waals surface area contributed by atoms with Crippen LogP contribution in [0.4, 0.5) is 39.4 Å². The quantitative estimate of drug-likeness (QED) is 0.0641. The Labute approximate surface area is 430 Å². The van der Waals surface area contributed by atoms with Crippen LogP contribution in [0.15, 0.2) is 129 Å². The van der Waals surface area contributed by atoms with Crippen LogP contribution in [0.25, 0.3) is 21.5 Å². The molecule has 0 radical (unpaired) electrons. The van der Waals surface area contributed by atoms with E-state index in [9.17, 15) is 75.9 Å².